The van der Waals surface area contributed by atoms with E-state index in [-0.39, 0.29) is 17.1 Å². The van der Waals surface area contributed by atoms with Crippen LogP contribution in [0.25, 0.3) is 23.0 Å². The molecule has 1 N–H and O–H groups in total. The van der Waals surface area contributed by atoms with Crippen LogP contribution in [0.3, 0.4) is 0 Å². The average molecular weight is 491 g/mol. The van der Waals surface area contributed by atoms with Gasteiger partial charge in [-0.15, -0.1) is 0 Å². The number of aryl methyl sites for hydroxylation is 1. The van der Waals surface area contributed by atoms with E-state index < -0.39 is 21.8 Å². The second-order valence-electron chi connectivity index (χ2n) is 8.37. The van der Waals surface area contributed by atoms with Crippen molar-refractivity contribution in [3.8, 4) is 28.8 Å². The Morgan fingerprint density at radius 2 is 2.06 bits per heavy atom. The number of sulfone groups is 1. The maximum atomic E-state index is 12.8. The molecule has 0 radical (unpaired) electrons. The summed E-state index contributed by atoms with van der Waals surface area (Å²) in [5, 5.41) is 17.1. The van der Waals surface area contributed by atoms with Gasteiger partial charge in [0.05, 0.1) is 23.8 Å². The molecule has 0 aliphatic carbocycles. The second kappa shape index (κ2) is 10.2. The minimum Gasteiger partial charge on any atom is -0.494 e. The number of amides is 1. The monoisotopic (exact) mass is 490 g/mol. The maximum Gasteiger partial charge on any atom is 0.262 e. The van der Waals surface area contributed by atoms with Gasteiger partial charge >= 0.3 is 0 Å². The standard InChI is InChI=1S/C26H26N4O4S/c1-3-34-24-10-9-19(13-18(24)2)25-21(16-30(29-25)23-7-5-4-6-8-23)14-20(15-27)26(31)28-22-11-12-35(32,33)17-22/h4-10,13-14,16,22H,3,11-12,17H2,1-2H3,(H,28,31)/b20-14+. The molecule has 1 saturated heterocycles. The molecule has 8 nitrogen and oxygen atoms in total. The van der Waals surface area contributed by atoms with Crippen LogP contribution < -0.4 is 10.1 Å². The van der Waals surface area contributed by atoms with E-state index in [1.54, 1.807) is 10.9 Å². The summed E-state index contributed by atoms with van der Waals surface area (Å²) in [6.45, 7) is 4.43. The molecule has 180 valence electrons. The molecule has 1 unspecified atom stereocenters. The number of nitrogens with one attached hydrogen (secondary N) is 1. The molecule has 0 bridgehead atoms. The lowest BCUT2D eigenvalue weighted by Gasteiger charge is -2.10. The number of hydrogen-bond donors (Lipinski definition) is 1. The van der Waals surface area contributed by atoms with Crippen LogP contribution in [0.2, 0.25) is 0 Å². The molecule has 3 aromatic rings. The Labute approximate surface area is 204 Å². The lowest BCUT2D eigenvalue weighted by molar-refractivity contribution is -0.117. The fraction of sp³-hybridized carbons (Fsp3) is 0.269. The highest BCUT2D eigenvalue weighted by Gasteiger charge is 2.29. The minimum atomic E-state index is -3.16. The molecule has 4 rings (SSSR count). The van der Waals surface area contributed by atoms with Gasteiger partial charge in [0.2, 0.25) is 0 Å². The van der Waals surface area contributed by atoms with E-state index in [0.29, 0.717) is 24.3 Å². The highest BCUT2D eigenvalue weighted by Crippen LogP contribution is 2.30. The van der Waals surface area contributed by atoms with Crippen molar-refractivity contribution in [2.75, 3.05) is 18.1 Å². The normalized spacial score (nSPS) is 17.1. The van der Waals surface area contributed by atoms with E-state index >= 15 is 0 Å². The summed E-state index contributed by atoms with van der Waals surface area (Å²) in [6.07, 6.45) is 3.60. The molecule has 2 aromatic carbocycles. The molecule has 1 aromatic heterocycles. The van der Waals surface area contributed by atoms with E-state index in [9.17, 15) is 18.5 Å². The Morgan fingerprint density at radius 3 is 2.69 bits per heavy atom. The summed E-state index contributed by atoms with van der Waals surface area (Å²) in [6, 6.07) is 16.7. The third kappa shape index (κ3) is 5.61. The largest absolute Gasteiger partial charge is 0.494 e. The zero-order valence-electron chi connectivity index (χ0n) is 19.6. The predicted octanol–water partition coefficient (Wildman–Crippen LogP) is 3.46. The number of carbonyl (C=O) groups is 1. The summed E-state index contributed by atoms with van der Waals surface area (Å²) in [5.41, 5.74) is 3.65. The van der Waals surface area contributed by atoms with Gasteiger partial charge in [-0.3, -0.25) is 4.79 Å². The third-order valence-electron chi connectivity index (χ3n) is 5.74. The molecular weight excluding hydrogens is 464 g/mol. The number of carbonyl (C=O) groups excluding carboxylic acids is 1. The molecule has 0 saturated carbocycles. The molecule has 1 fully saturated rings. The molecule has 0 spiro atoms. The van der Waals surface area contributed by atoms with Gasteiger partial charge in [-0.25, -0.2) is 13.1 Å². The first kappa shape index (κ1) is 24.2. The zero-order valence-corrected chi connectivity index (χ0v) is 20.4. The van der Waals surface area contributed by atoms with Crippen LogP contribution in [0.1, 0.15) is 24.5 Å². The van der Waals surface area contributed by atoms with E-state index in [4.69, 9.17) is 9.84 Å². The Balaban J connectivity index is 1.73. The van der Waals surface area contributed by atoms with E-state index in [1.165, 1.54) is 6.08 Å². The van der Waals surface area contributed by atoms with Gasteiger partial charge < -0.3 is 10.1 Å². The van der Waals surface area contributed by atoms with Gasteiger partial charge in [-0.1, -0.05) is 18.2 Å². The van der Waals surface area contributed by atoms with E-state index in [1.807, 2.05) is 68.4 Å². The number of nitrogens with zero attached hydrogens (tertiary/aromatic N) is 3. The van der Waals surface area contributed by atoms with Crippen LogP contribution in [-0.4, -0.2) is 48.3 Å². The summed E-state index contributed by atoms with van der Waals surface area (Å²) in [7, 11) is -3.16. The Kier molecular flexibility index (Phi) is 7.03. The first-order valence-corrected chi connectivity index (χ1v) is 13.1. The van der Waals surface area contributed by atoms with E-state index in [2.05, 4.69) is 5.32 Å². The number of para-hydroxylation sites is 1. The number of aromatic nitrogens is 2. The van der Waals surface area contributed by atoms with Crippen LogP contribution in [0, 0.1) is 18.3 Å². The fourth-order valence-electron chi connectivity index (χ4n) is 4.02. The van der Waals surface area contributed by atoms with Crippen molar-refractivity contribution in [3.05, 3.63) is 71.4 Å². The van der Waals surface area contributed by atoms with Crippen molar-refractivity contribution in [3.63, 3.8) is 0 Å². The van der Waals surface area contributed by atoms with Gasteiger partial charge in [0.25, 0.3) is 5.91 Å². The molecule has 1 aliphatic rings. The summed E-state index contributed by atoms with van der Waals surface area (Å²) < 4.78 is 30.8. The average Bonchev–Trinajstić information content (AvgIpc) is 3.42. The maximum absolute atomic E-state index is 12.8. The van der Waals surface area contributed by atoms with Gasteiger partial charge in [0.15, 0.2) is 9.84 Å². The van der Waals surface area contributed by atoms with Gasteiger partial charge in [0.1, 0.15) is 23.1 Å². The Bertz CT molecular complexity index is 1420. The van der Waals surface area contributed by atoms with Crippen LogP contribution in [0.15, 0.2) is 60.3 Å². The molecule has 2 heterocycles. The van der Waals surface area contributed by atoms with Crippen molar-refractivity contribution >= 4 is 21.8 Å². The number of hydrogen-bond acceptors (Lipinski definition) is 6. The first-order valence-electron chi connectivity index (χ1n) is 11.3. The van der Waals surface area contributed by atoms with Crippen molar-refractivity contribution in [2.45, 2.75) is 26.3 Å². The number of ether oxygens (including phenoxy) is 1. The van der Waals surface area contributed by atoms with Crippen molar-refractivity contribution < 1.29 is 17.9 Å². The van der Waals surface area contributed by atoms with E-state index in [0.717, 1.165) is 22.6 Å². The lowest BCUT2D eigenvalue weighted by Crippen LogP contribution is -2.36. The number of nitriles is 1. The molecule has 1 atom stereocenters. The molecule has 1 aliphatic heterocycles. The Morgan fingerprint density at radius 1 is 1.29 bits per heavy atom. The zero-order chi connectivity index (χ0) is 25.0. The smallest absolute Gasteiger partial charge is 0.262 e. The van der Waals surface area contributed by atoms with Gasteiger partial charge in [0, 0.05) is 23.4 Å². The topological polar surface area (TPSA) is 114 Å². The van der Waals surface area contributed by atoms with Crippen molar-refractivity contribution in [1.29, 1.82) is 5.26 Å². The van der Waals surface area contributed by atoms with Crippen LogP contribution in [-0.2, 0) is 14.6 Å². The van der Waals surface area contributed by atoms with Crippen LogP contribution in [0.5, 0.6) is 5.75 Å². The van der Waals surface area contributed by atoms with Crippen molar-refractivity contribution in [2.24, 2.45) is 0 Å². The van der Waals surface area contributed by atoms with Gasteiger partial charge in [-0.05, 0) is 62.2 Å². The summed E-state index contributed by atoms with van der Waals surface area (Å²) in [4.78, 5) is 12.8. The van der Waals surface area contributed by atoms with Crippen molar-refractivity contribution in [1.82, 2.24) is 15.1 Å². The Hall–Kier alpha value is -3.90. The van der Waals surface area contributed by atoms with Gasteiger partial charge in [-0.2, -0.15) is 10.4 Å². The van der Waals surface area contributed by atoms with Crippen LogP contribution in [0.4, 0.5) is 0 Å². The number of benzene rings is 2. The lowest BCUT2D eigenvalue weighted by atomic mass is 10.0. The second-order valence-corrected chi connectivity index (χ2v) is 10.6. The highest BCUT2D eigenvalue weighted by molar-refractivity contribution is 7.91. The van der Waals surface area contributed by atoms with Crippen LogP contribution >= 0.6 is 0 Å². The fourth-order valence-corrected chi connectivity index (χ4v) is 5.69. The first-order chi connectivity index (χ1) is 16.8. The SMILES string of the molecule is CCOc1ccc(-c2nn(-c3ccccc3)cc2/C=C(\C#N)C(=O)NC2CCS(=O)(=O)C2)cc1C. The minimum absolute atomic E-state index is 0.0363. The molecular formula is C26H26N4O4S. The third-order valence-corrected chi connectivity index (χ3v) is 7.51. The highest BCUT2D eigenvalue weighted by atomic mass is 32.2. The predicted molar refractivity (Wildman–Crippen MR) is 134 cm³/mol. The summed E-state index contributed by atoms with van der Waals surface area (Å²) >= 11 is 0. The number of rotatable bonds is 7. The molecule has 1 amide bonds. The summed E-state index contributed by atoms with van der Waals surface area (Å²) in [5.74, 6) is 0.102. The molecule has 9 heteroatoms. The quantitative estimate of drug-likeness (QED) is 0.401. The molecule has 35 heavy (non-hydrogen) atoms.